The van der Waals surface area contributed by atoms with Crippen molar-refractivity contribution in [2.45, 2.75) is 19.4 Å². The number of carbonyl (C=O) groups excluding carboxylic acids is 2. The normalized spacial score (nSPS) is 13.3. The largest absolute Gasteiger partial charge is 0.497 e. The molecular weight excluding hydrogens is 412 g/mol. The van der Waals surface area contributed by atoms with E-state index in [2.05, 4.69) is 10.1 Å². The molecule has 2 heterocycles. The maximum atomic E-state index is 12.9. The standard InChI is InChI=1S/C23H24N4O5/c1-26(23(29)15-6-4-7-16(12-15)27-11-5-8-21(27)28)14-20-24-22(25-32-20)18-10-9-17(30-2)13-19(18)31-3/h4,6-7,9-10,12-13H,5,8,11,14H2,1-3H3. The van der Waals surface area contributed by atoms with Crippen LogP contribution in [0.15, 0.2) is 47.0 Å². The van der Waals surface area contributed by atoms with Crippen molar-refractivity contribution < 1.29 is 23.6 Å². The van der Waals surface area contributed by atoms with Gasteiger partial charge in [0.05, 0.1) is 26.3 Å². The Balaban J connectivity index is 1.48. The maximum absolute atomic E-state index is 12.9. The van der Waals surface area contributed by atoms with Crippen molar-refractivity contribution in [3.8, 4) is 22.9 Å². The van der Waals surface area contributed by atoms with Crippen LogP contribution in [0.1, 0.15) is 29.1 Å². The fraction of sp³-hybridized carbons (Fsp3) is 0.304. The van der Waals surface area contributed by atoms with E-state index in [0.717, 1.165) is 12.1 Å². The number of rotatable bonds is 7. The minimum Gasteiger partial charge on any atom is -0.497 e. The number of nitrogens with zero attached hydrogens (tertiary/aromatic N) is 4. The quantitative estimate of drug-likeness (QED) is 0.561. The Hall–Kier alpha value is -3.88. The fourth-order valence-electron chi connectivity index (χ4n) is 3.63. The van der Waals surface area contributed by atoms with Crippen molar-refractivity contribution >= 4 is 17.5 Å². The van der Waals surface area contributed by atoms with Crippen molar-refractivity contribution in [3.63, 3.8) is 0 Å². The molecule has 166 valence electrons. The van der Waals surface area contributed by atoms with E-state index in [-0.39, 0.29) is 18.4 Å². The summed E-state index contributed by atoms with van der Waals surface area (Å²) in [6.45, 7) is 0.809. The smallest absolute Gasteiger partial charge is 0.254 e. The van der Waals surface area contributed by atoms with Gasteiger partial charge in [0, 0.05) is 37.3 Å². The van der Waals surface area contributed by atoms with Crippen LogP contribution < -0.4 is 14.4 Å². The summed E-state index contributed by atoms with van der Waals surface area (Å²) in [6.07, 6.45) is 1.37. The molecule has 0 bridgehead atoms. The Morgan fingerprint density at radius 1 is 1.19 bits per heavy atom. The minimum atomic E-state index is -0.208. The van der Waals surface area contributed by atoms with Gasteiger partial charge in [-0.3, -0.25) is 9.59 Å². The van der Waals surface area contributed by atoms with Gasteiger partial charge in [0.1, 0.15) is 11.5 Å². The lowest BCUT2D eigenvalue weighted by molar-refractivity contribution is -0.117. The van der Waals surface area contributed by atoms with E-state index in [9.17, 15) is 9.59 Å². The number of aromatic nitrogens is 2. The number of ether oxygens (including phenoxy) is 2. The number of amides is 2. The molecule has 3 aromatic rings. The lowest BCUT2D eigenvalue weighted by Crippen LogP contribution is -2.27. The maximum Gasteiger partial charge on any atom is 0.254 e. The van der Waals surface area contributed by atoms with Crippen LogP contribution in [0, 0.1) is 0 Å². The molecule has 0 N–H and O–H groups in total. The molecule has 32 heavy (non-hydrogen) atoms. The summed E-state index contributed by atoms with van der Waals surface area (Å²) < 4.78 is 16.0. The van der Waals surface area contributed by atoms with Crippen molar-refractivity contribution in [2.75, 3.05) is 32.7 Å². The second-order valence-corrected chi connectivity index (χ2v) is 7.44. The predicted octanol–water partition coefficient (Wildman–Crippen LogP) is 3.15. The third kappa shape index (κ3) is 4.27. The summed E-state index contributed by atoms with van der Waals surface area (Å²) in [5.74, 6) is 1.72. The average molecular weight is 436 g/mol. The van der Waals surface area contributed by atoms with Crippen molar-refractivity contribution in [1.29, 1.82) is 0 Å². The Bertz CT molecular complexity index is 1140. The van der Waals surface area contributed by atoms with Crippen molar-refractivity contribution in [3.05, 3.63) is 53.9 Å². The zero-order valence-electron chi connectivity index (χ0n) is 18.2. The summed E-state index contributed by atoms with van der Waals surface area (Å²) in [5.41, 5.74) is 1.87. The number of benzene rings is 2. The third-order valence-corrected chi connectivity index (χ3v) is 5.32. The summed E-state index contributed by atoms with van der Waals surface area (Å²) in [4.78, 5) is 32.6. The highest BCUT2D eigenvalue weighted by Gasteiger charge is 2.23. The van der Waals surface area contributed by atoms with Crippen LogP contribution in [-0.2, 0) is 11.3 Å². The summed E-state index contributed by atoms with van der Waals surface area (Å²) in [7, 11) is 4.79. The molecule has 0 unspecified atom stereocenters. The molecule has 1 aliphatic heterocycles. The number of hydrogen-bond donors (Lipinski definition) is 0. The number of carbonyl (C=O) groups is 2. The molecule has 0 radical (unpaired) electrons. The fourth-order valence-corrected chi connectivity index (χ4v) is 3.63. The first kappa shape index (κ1) is 21.4. The average Bonchev–Trinajstić information content (AvgIpc) is 3.47. The highest BCUT2D eigenvalue weighted by Crippen LogP contribution is 2.31. The van der Waals surface area contributed by atoms with Gasteiger partial charge in [-0.1, -0.05) is 11.2 Å². The molecule has 0 aliphatic carbocycles. The third-order valence-electron chi connectivity index (χ3n) is 5.32. The van der Waals surface area contributed by atoms with Crippen LogP contribution in [0.3, 0.4) is 0 Å². The van der Waals surface area contributed by atoms with E-state index < -0.39 is 0 Å². The van der Waals surface area contributed by atoms with Crippen LogP contribution in [-0.4, -0.2) is 54.7 Å². The molecule has 2 aromatic carbocycles. The molecule has 9 nitrogen and oxygen atoms in total. The number of methoxy groups -OCH3 is 2. The second kappa shape index (κ2) is 9.09. The minimum absolute atomic E-state index is 0.0790. The Labute approximate surface area is 185 Å². The number of anilines is 1. The van der Waals surface area contributed by atoms with Crippen LogP contribution in [0.2, 0.25) is 0 Å². The molecule has 9 heteroatoms. The molecule has 1 saturated heterocycles. The molecular formula is C23H24N4O5. The first-order valence-corrected chi connectivity index (χ1v) is 10.2. The monoisotopic (exact) mass is 436 g/mol. The van der Waals surface area contributed by atoms with E-state index >= 15 is 0 Å². The lowest BCUT2D eigenvalue weighted by atomic mass is 10.1. The van der Waals surface area contributed by atoms with Gasteiger partial charge in [-0.25, -0.2) is 0 Å². The first-order chi connectivity index (χ1) is 15.5. The van der Waals surface area contributed by atoms with Gasteiger partial charge in [-0.15, -0.1) is 0 Å². The van der Waals surface area contributed by atoms with Crippen LogP contribution in [0.4, 0.5) is 5.69 Å². The highest BCUT2D eigenvalue weighted by molar-refractivity contribution is 5.99. The first-order valence-electron chi connectivity index (χ1n) is 10.2. The van der Waals surface area contributed by atoms with Gasteiger partial charge in [-0.2, -0.15) is 4.98 Å². The van der Waals surface area contributed by atoms with Gasteiger partial charge >= 0.3 is 0 Å². The highest BCUT2D eigenvalue weighted by atomic mass is 16.5. The molecule has 1 aliphatic rings. The van der Waals surface area contributed by atoms with E-state index in [1.54, 1.807) is 62.6 Å². The van der Waals surface area contributed by atoms with Crippen LogP contribution in [0.25, 0.3) is 11.4 Å². The zero-order chi connectivity index (χ0) is 22.7. The summed E-state index contributed by atoms with van der Waals surface area (Å²) >= 11 is 0. The SMILES string of the molecule is COc1ccc(-c2noc(CN(C)C(=O)c3cccc(N4CCCC4=O)c3)n2)c(OC)c1. The Morgan fingerprint density at radius 3 is 2.75 bits per heavy atom. The molecule has 4 rings (SSSR count). The van der Waals surface area contributed by atoms with Gasteiger partial charge < -0.3 is 23.8 Å². The number of hydrogen-bond acceptors (Lipinski definition) is 7. The molecule has 1 aromatic heterocycles. The molecule has 0 atom stereocenters. The molecule has 0 spiro atoms. The summed E-state index contributed by atoms with van der Waals surface area (Å²) in [6, 6.07) is 12.4. The van der Waals surface area contributed by atoms with Gasteiger partial charge in [0.2, 0.25) is 17.6 Å². The molecule has 0 saturated carbocycles. The van der Waals surface area contributed by atoms with E-state index in [0.29, 0.717) is 47.3 Å². The van der Waals surface area contributed by atoms with E-state index in [1.165, 1.54) is 4.90 Å². The van der Waals surface area contributed by atoms with Gasteiger partial charge in [0.25, 0.3) is 5.91 Å². The molecule has 1 fully saturated rings. The Kier molecular flexibility index (Phi) is 6.07. The zero-order valence-corrected chi connectivity index (χ0v) is 18.2. The van der Waals surface area contributed by atoms with Gasteiger partial charge in [-0.05, 0) is 36.8 Å². The van der Waals surface area contributed by atoms with Crippen LogP contribution in [0.5, 0.6) is 11.5 Å². The predicted molar refractivity (Wildman–Crippen MR) is 117 cm³/mol. The van der Waals surface area contributed by atoms with Crippen LogP contribution >= 0.6 is 0 Å². The Morgan fingerprint density at radius 2 is 2.03 bits per heavy atom. The molecule has 2 amide bonds. The van der Waals surface area contributed by atoms with Crippen molar-refractivity contribution in [1.82, 2.24) is 15.0 Å². The summed E-state index contributed by atoms with van der Waals surface area (Å²) in [5, 5.41) is 4.02. The van der Waals surface area contributed by atoms with Crippen molar-refractivity contribution in [2.24, 2.45) is 0 Å². The van der Waals surface area contributed by atoms with E-state index in [1.807, 2.05) is 6.07 Å². The van der Waals surface area contributed by atoms with E-state index in [4.69, 9.17) is 14.0 Å². The topological polar surface area (TPSA) is 98.0 Å². The lowest BCUT2D eigenvalue weighted by Gasteiger charge is -2.18. The van der Waals surface area contributed by atoms with Gasteiger partial charge in [0.15, 0.2) is 0 Å². The second-order valence-electron chi connectivity index (χ2n) is 7.44.